The Hall–Kier alpha value is -3.45. The molecule has 0 radical (unpaired) electrons. The van der Waals surface area contributed by atoms with E-state index in [2.05, 4.69) is 5.32 Å². The lowest BCUT2D eigenvalue weighted by atomic mass is 10.2. The lowest BCUT2D eigenvalue weighted by Gasteiger charge is -2.12. The van der Waals surface area contributed by atoms with Gasteiger partial charge in [-0.15, -0.1) is 11.3 Å². The van der Waals surface area contributed by atoms with Gasteiger partial charge < -0.3 is 24.1 Å². The van der Waals surface area contributed by atoms with Gasteiger partial charge in [0.25, 0.3) is 5.91 Å². The molecule has 0 spiro atoms. The minimum absolute atomic E-state index is 0.115. The Balaban J connectivity index is 1.29. The molecule has 1 amide bonds. The Morgan fingerprint density at radius 3 is 2.83 bits per heavy atom. The third-order valence-corrected chi connectivity index (χ3v) is 5.83. The number of nitrogens with zero attached hydrogens (tertiary/aromatic N) is 1. The van der Waals surface area contributed by atoms with Gasteiger partial charge >= 0.3 is 0 Å². The molecule has 0 aliphatic carbocycles. The molecule has 0 saturated heterocycles. The van der Waals surface area contributed by atoms with Crippen LogP contribution >= 0.6 is 11.3 Å². The summed E-state index contributed by atoms with van der Waals surface area (Å²) < 4.78 is 19.7. The van der Waals surface area contributed by atoms with Gasteiger partial charge in [-0.2, -0.15) is 0 Å². The molecular weight excluding hydrogens is 400 g/mol. The number of carbonyl (C=O) groups excluding carboxylic acids is 1. The quantitative estimate of drug-likeness (QED) is 0.480. The predicted molar refractivity (Wildman–Crippen MR) is 115 cm³/mol. The number of fused-ring (bicyclic) bond motifs is 2. The smallest absolute Gasteiger partial charge is 0.268 e. The van der Waals surface area contributed by atoms with Crippen LogP contribution in [0.25, 0.3) is 10.2 Å². The van der Waals surface area contributed by atoms with Crippen molar-refractivity contribution in [1.82, 2.24) is 9.88 Å². The second-order valence-electron chi connectivity index (χ2n) is 6.88. The molecule has 7 heteroatoms. The Morgan fingerprint density at radius 2 is 1.93 bits per heavy atom. The number of carbonyl (C=O) groups is 1. The minimum Gasteiger partial charge on any atom is -0.492 e. The maximum absolute atomic E-state index is 12.9. The number of nitrogens with one attached hydrogen (secondary N) is 1. The van der Waals surface area contributed by atoms with Crippen LogP contribution in [0.3, 0.4) is 0 Å². The number of rotatable bonds is 7. The van der Waals surface area contributed by atoms with E-state index in [4.69, 9.17) is 14.2 Å². The van der Waals surface area contributed by atoms with Crippen LogP contribution in [-0.2, 0) is 13.1 Å². The summed E-state index contributed by atoms with van der Waals surface area (Å²) in [6, 6.07) is 19.4. The first-order chi connectivity index (χ1) is 14.8. The summed E-state index contributed by atoms with van der Waals surface area (Å²) in [5, 5.41) is 5.05. The molecular formula is C23H20N2O4S. The molecule has 30 heavy (non-hydrogen) atoms. The van der Waals surface area contributed by atoms with E-state index >= 15 is 0 Å². The zero-order valence-electron chi connectivity index (χ0n) is 16.2. The normalized spacial score (nSPS) is 12.3. The molecule has 0 saturated carbocycles. The highest BCUT2D eigenvalue weighted by Crippen LogP contribution is 2.32. The van der Waals surface area contributed by atoms with Gasteiger partial charge in [0.2, 0.25) is 6.79 Å². The Morgan fingerprint density at radius 1 is 1.07 bits per heavy atom. The summed E-state index contributed by atoms with van der Waals surface area (Å²) in [6.45, 7) is 1.71. The van der Waals surface area contributed by atoms with E-state index in [1.165, 1.54) is 0 Å². The summed E-state index contributed by atoms with van der Waals surface area (Å²) in [7, 11) is 0. The van der Waals surface area contributed by atoms with Crippen molar-refractivity contribution in [3.63, 3.8) is 0 Å². The molecule has 0 unspecified atom stereocenters. The summed E-state index contributed by atoms with van der Waals surface area (Å²) in [6.07, 6.45) is 0. The van der Waals surface area contributed by atoms with Crippen LogP contribution in [0.1, 0.15) is 16.1 Å². The van der Waals surface area contributed by atoms with Crippen molar-refractivity contribution < 1.29 is 19.0 Å². The zero-order valence-corrected chi connectivity index (χ0v) is 17.0. The number of hydrogen-bond donors (Lipinski definition) is 1. The second kappa shape index (κ2) is 8.12. The Bertz CT molecular complexity index is 1180. The van der Waals surface area contributed by atoms with Crippen molar-refractivity contribution in [2.24, 2.45) is 0 Å². The van der Waals surface area contributed by atoms with E-state index in [-0.39, 0.29) is 12.7 Å². The van der Waals surface area contributed by atoms with Gasteiger partial charge in [0.15, 0.2) is 11.5 Å². The largest absolute Gasteiger partial charge is 0.492 e. The maximum Gasteiger partial charge on any atom is 0.268 e. The third kappa shape index (κ3) is 3.71. The first-order valence-electron chi connectivity index (χ1n) is 9.69. The van der Waals surface area contributed by atoms with Gasteiger partial charge in [-0.05, 0) is 47.3 Å². The van der Waals surface area contributed by atoms with Gasteiger partial charge in [-0.25, -0.2) is 0 Å². The van der Waals surface area contributed by atoms with Crippen LogP contribution < -0.4 is 19.5 Å². The van der Waals surface area contributed by atoms with Gasteiger partial charge in [0.1, 0.15) is 18.1 Å². The predicted octanol–water partition coefficient (Wildman–Crippen LogP) is 4.44. The maximum atomic E-state index is 12.9. The SMILES string of the molecule is O=C(NCc1ccc2c(c1)OCO2)c1cc2sccc2n1CCOc1ccccc1. The average Bonchev–Trinajstić information content (AvgIpc) is 3.49. The number of thiophene rings is 1. The molecule has 152 valence electrons. The van der Waals surface area contributed by atoms with Crippen molar-refractivity contribution in [2.75, 3.05) is 13.4 Å². The monoisotopic (exact) mass is 420 g/mol. The second-order valence-corrected chi connectivity index (χ2v) is 7.83. The van der Waals surface area contributed by atoms with Gasteiger partial charge in [-0.1, -0.05) is 24.3 Å². The van der Waals surface area contributed by atoms with Crippen molar-refractivity contribution in [2.45, 2.75) is 13.1 Å². The highest BCUT2D eigenvalue weighted by Gasteiger charge is 2.17. The molecule has 1 N–H and O–H groups in total. The van der Waals surface area contributed by atoms with Crippen molar-refractivity contribution in [3.8, 4) is 17.2 Å². The van der Waals surface area contributed by atoms with Crippen LogP contribution in [0.15, 0.2) is 66.0 Å². The molecule has 5 rings (SSSR count). The molecule has 2 aromatic heterocycles. The van der Waals surface area contributed by atoms with Crippen molar-refractivity contribution in [3.05, 3.63) is 77.3 Å². The lowest BCUT2D eigenvalue weighted by Crippen LogP contribution is -2.26. The van der Waals surface area contributed by atoms with E-state index < -0.39 is 0 Å². The number of hydrogen-bond acceptors (Lipinski definition) is 5. The number of para-hydroxylation sites is 1. The van der Waals surface area contributed by atoms with Gasteiger partial charge in [-0.3, -0.25) is 4.79 Å². The fourth-order valence-corrected chi connectivity index (χ4v) is 4.32. The van der Waals surface area contributed by atoms with Gasteiger partial charge in [0.05, 0.1) is 16.8 Å². The fourth-order valence-electron chi connectivity index (χ4n) is 3.50. The first-order valence-corrected chi connectivity index (χ1v) is 10.6. The van der Waals surface area contributed by atoms with Crippen molar-refractivity contribution >= 4 is 27.5 Å². The minimum atomic E-state index is -0.115. The number of aromatic nitrogens is 1. The van der Waals surface area contributed by atoms with E-state index in [1.807, 2.05) is 70.6 Å². The molecule has 3 heterocycles. The number of amides is 1. The number of benzene rings is 2. The topological polar surface area (TPSA) is 61.7 Å². The first kappa shape index (κ1) is 18.6. The Kier molecular flexibility index (Phi) is 5.03. The highest BCUT2D eigenvalue weighted by molar-refractivity contribution is 7.17. The van der Waals surface area contributed by atoms with Crippen LogP contribution in [-0.4, -0.2) is 23.9 Å². The van der Waals surface area contributed by atoms with Crippen LogP contribution in [0.5, 0.6) is 17.2 Å². The molecule has 1 aliphatic heterocycles. The third-order valence-electron chi connectivity index (χ3n) is 4.97. The van der Waals surface area contributed by atoms with E-state index in [1.54, 1.807) is 11.3 Å². The van der Waals surface area contributed by atoms with Crippen LogP contribution in [0.2, 0.25) is 0 Å². The summed E-state index contributed by atoms with van der Waals surface area (Å²) in [5.41, 5.74) is 2.64. The van der Waals surface area contributed by atoms with Crippen molar-refractivity contribution in [1.29, 1.82) is 0 Å². The molecule has 0 atom stereocenters. The van der Waals surface area contributed by atoms with Crippen LogP contribution in [0.4, 0.5) is 0 Å². The molecule has 0 bridgehead atoms. The average molecular weight is 420 g/mol. The molecule has 4 aromatic rings. The lowest BCUT2D eigenvalue weighted by molar-refractivity contribution is 0.0941. The number of ether oxygens (including phenoxy) is 3. The van der Waals surface area contributed by atoms with E-state index in [0.717, 1.165) is 27.3 Å². The summed E-state index contributed by atoms with van der Waals surface area (Å²) in [4.78, 5) is 12.9. The summed E-state index contributed by atoms with van der Waals surface area (Å²) >= 11 is 1.63. The van der Waals surface area contributed by atoms with Gasteiger partial charge in [0, 0.05) is 6.54 Å². The Labute approximate surface area is 177 Å². The highest BCUT2D eigenvalue weighted by atomic mass is 32.1. The molecule has 2 aromatic carbocycles. The summed E-state index contributed by atoms with van der Waals surface area (Å²) in [5.74, 6) is 2.15. The van der Waals surface area contributed by atoms with Crippen LogP contribution in [0, 0.1) is 0 Å². The molecule has 6 nitrogen and oxygen atoms in total. The van der Waals surface area contributed by atoms with E-state index in [9.17, 15) is 4.79 Å². The fraction of sp³-hybridized carbons (Fsp3) is 0.174. The zero-order chi connectivity index (χ0) is 20.3. The molecule has 1 aliphatic rings. The molecule has 0 fully saturated rings. The standard InChI is InChI=1S/C23H20N2O4S/c26-23(24-14-16-6-7-20-21(12-16)29-15-28-20)19-13-22-18(8-11-30-22)25(19)9-10-27-17-4-2-1-3-5-17/h1-8,11-13H,9-10,14-15H2,(H,24,26). The van der Waals surface area contributed by atoms with E-state index in [0.29, 0.717) is 31.1 Å².